The van der Waals surface area contributed by atoms with Gasteiger partial charge in [0.05, 0.1) is 20.2 Å². The standard InChI is InChI=1S/C17H26N4O3/c1-3-18-16(22)12-19-17(23)13-20-7-9-21(10-8-20)14-5-4-6-15(11-14)24-2/h4-6,11H,3,7-10,12-13H2,1-2H3,(H,18,22)(H,19,23). The molecule has 0 atom stereocenters. The number of hydrogen-bond donors (Lipinski definition) is 2. The number of piperazine rings is 1. The Labute approximate surface area is 142 Å². The third kappa shape index (κ3) is 5.42. The van der Waals surface area contributed by atoms with Gasteiger partial charge in [-0.1, -0.05) is 6.07 Å². The summed E-state index contributed by atoms with van der Waals surface area (Å²) in [6, 6.07) is 8.00. The Morgan fingerprint density at radius 2 is 1.88 bits per heavy atom. The van der Waals surface area contributed by atoms with Crippen LogP contribution in [0.25, 0.3) is 0 Å². The highest BCUT2D eigenvalue weighted by molar-refractivity contribution is 5.85. The van der Waals surface area contributed by atoms with Crippen LogP contribution in [-0.2, 0) is 9.59 Å². The van der Waals surface area contributed by atoms with E-state index in [0.29, 0.717) is 13.1 Å². The third-order valence-corrected chi connectivity index (χ3v) is 3.98. The van der Waals surface area contributed by atoms with Gasteiger partial charge < -0.3 is 20.3 Å². The predicted molar refractivity (Wildman–Crippen MR) is 93.3 cm³/mol. The molecular weight excluding hydrogens is 308 g/mol. The summed E-state index contributed by atoms with van der Waals surface area (Å²) in [4.78, 5) is 27.6. The van der Waals surface area contributed by atoms with Gasteiger partial charge >= 0.3 is 0 Å². The van der Waals surface area contributed by atoms with E-state index < -0.39 is 0 Å². The van der Waals surface area contributed by atoms with Gasteiger partial charge in [-0.05, 0) is 19.1 Å². The highest BCUT2D eigenvalue weighted by atomic mass is 16.5. The molecule has 1 aliphatic rings. The molecule has 0 radical (unpaired) electrons. The second kappa shape index (κ2) is 9.12. The fourth-order valence-electron chi connectivity index (χ4n) is 2.67. The minimum absolute atomic E-state index is 0.0381. The Kier molecular flexibility index (Phi) is 6.87. The summed E-state index contributed by atoms with van der Waals surface area (Å²) in [7, 11) is 1.66. The Hall–Kier alpha value is -2.28. The summed E-state index contributed by atoms with van der Waals surface area (Å²) in [6.07, 6.45) is 0. The number of amides is 2. The van der Waals surface area contributed by atoms with Crippen LogP contribution >= 0.6 is 0 Å². The van der Waals surface area contributed by atoms with Crippen LogP contribution in [0.15, 0.2) is 24.3 Å². The zero-order valence-corrected chi connectivity index (χ0v) is 14.4. The lowest BCUT2D eigenvalue weighted by molar-refractivity contribution is -0.126. The Morgan fingerprint density at radius 1 is 1.12 bits per heavy atom. The van der Waals surface area contributed by atoms with Crippen molar-refractivity contribution in [2.75, 3.05) is 57.8 Å². The maximum absolute atomic E-state index is 11.9. The summed E-state index contributed by atoms with van der Waals surface area (Å²) in [5, 5.41) is 5.30. The highest BCUT2D eigenvalue weighted by Gasteiger charge is 2.19. The minimum atomic E-state index is -0.159. The van der Waals surface area contributed by atoms with Crippen LogP contribution in [0.4, 0.5) is 5.69 Å². The van der Waals surface area contributed by atoms with Crippen LogP contribution in [0.3, 0.4) is 0 Å². The van der Waals surface area contributed by atoms with E-state index in [0.717, 1.165) is 37.6 Å². The molecular formula is C17H26N4O3. The van der Waals surface area contributed by atoms with Gasteiger partial charge in [-0.25, -0.2) is 0 Å². The van der Waals surface area contributed by atoms with Gasteiger partial charge in [0.1, 0.15) is 5.75 Å². The Morgan fingerprint density at radius 3 is 2.54 bits per heavy atom. The molecule has 0 spiro atoms. The lowest BCUT2D eigenvalue weighted by atomic mass is 10.2. The van der Waals surface area contributed by atoms with Crippen molar-refractivity contribution < 1.29 is 14.3 Å². The summed E-state index contributed by atoms with van der Waals surface area (Å²) in [5.74, 6) is 0.574. The Bertz CT molecular complexity index is 557. The van der Waals surface area contributed by atoms with Crippen molar-refractivity contribution in [2.45, 2.75) is 6.92 Å². The van der Waals surface area contributed by atoms with Crippen molar-refractivity contribution in [3.63, 3.8) is 0 Å². The molecule has 7 heteroatoms. The van der Waals surface area contributed by atoms with Crippen molar-refractivity contribution in [1.82, 2.24) is 15.5 Å². The van der Waals surface area contributed by atoms with E-state index in [2.05, 4.69) is 26.5 Å². The molecule has 1 aromatic carbocycles. The van der Waals surface area contributed by atoms with Gasteiger partial charge in [-0.3, -0.25) is 14.5 Å². The van der Waals surface area contributed by atoms with Crippen LogP contribution in [0.1, 0.15) is 6.92 Å². The first-order chi connectivity index (χ1) is 11.6. The van der Waals surface area contributed by atoms with Crippen molar-refractivity contribution in [3.05, 3.63) is 24.3 Å². The van der Waals surface area contributed by atoms with Crippen LogP contribution in [0.5, 0.6) is 5.75 Å². The topological polar surface area (TPSA) is 73.9 Å². The molecule has 0 aliphatic carbocycles. The number of nitrogens with one attached hydrogen (secondary N) is 2. The van der Waals surface area contributed by atoms with Gasteiger partial charge in [0.15, 0.2) is 0 Å². The molecule has 2 N–H and O–H groups in total. The van der Waals surface area contributed by atoms with Crippen molar-refractivity contribution in [1.29, 1.82) is 0 Å². The third-order valence-electron chi connectivity index (χ3n) is 3.98. The first kappa shape index (κ1) is 18.1. The van der Waals surface area contributed by atoms with E-state index in [1.165, 1.54) is 0 Å². The molecule has 0 bridgehead atoms. The molecule has 0 saturated carbocycles. The maximum Gasteiger partial charge on any atom is 0.239 e. The fourth-order valence-corrected chi connectivity index (χ4v) is 2.67. The van der Waals surface area contributed by atoms with Crippen LogP contribution in [-0.4, -0.2) is 69.6 Å². The molecule has 1 aromatic rings. The monoisotopic (exact) mass is 334 g/mol. The second-order valence-electron chi connectivity index (χ2n) is 5.69. The van der Waals surface area contributed by atoms with Crippen molar-refractivity contribution in [3.8, 4) is 5.75 Å². The quantitative estimate of drug-likeness (QED) is 0.738. The molecule has 2 amide bonds. The smallest absolute Gasteiger partial charge is 0.239 e. The molecule has 0 aromatic heterocycles. The SMILES string of the molecule is CCNC(=O)CNC(=O)CN1CCN(c2cccc(OC)c2)CC1. The van der Waals surface area contributed by atoms with Gasteiger partial charge in [0, 0.05) is 44.5 Å². The van der Waals surface area contributed by atoms with Crippen molar-refractivity contribution in [2.24, 2.45) is 0 Å². The average Bonchev–Trinajstić information content (AvgIpc) is 2.61. The molecule has 1 saturated heterocycles. The highest BCUT2D eigenvalue weighted by Crippen LogP contribution is 2.21. The normalized spacial score (nSPS) is 15.0. The van der Waals surface area contributed by atoms with Gasteiger partial charge in [0.2, 0.25) is 11.8 Å². The second-order valence-corrected chi connectivity index (χ2v) is 5.69. The summed E-state index contributed by atoms with van der Waals surface area (Å²) >= 11 is 0. The Balaban J connectivity index is 1.74. The van der Waals surface area contributed by atoms with E-state index in [9.17, 15) is 9.59 Å². The molecule has 2 rings (SSSR count). The number of anilines is 1. The van der Waals surface area contributed by atoms with Gasteiger partial charge in [-0.2, -0.15) is 0 Å². The van der Waals surface area contributed by atoms with Gasteiger partial charge in [0.25, 0.3) is 0 Å². The van der Waals surface area contributed by atoms with Crippen LogP contribution < -0.4 is 20.3 Å². The molecule has 132 valence electrons. The van der Waals surface area contributed by atoms with Crippen LogP contribution in [0.2, 0.25) is 0 Å². The fraction of sp³-hybridized carbons (Fsp3) is 0.529. The minimum Gasteiger partial charge on any atom is -0.497 e. The zero-order valence-electron chi connectivity index (χ0n) is 14.4. The summed E-state index contributed by atoms with van der Waals surface area (Å²) in [5.41, 5.74) is 1.13. The number of ether oxygens (including phenoxy) is 1. The number of hydrogen-bond acceptors (Lipinski definition) is 5. The van der Waals surface area contributed by atoms with Gasteiger partial charge in [-0.15, -0.1) is 0 Å². The first-order valence-corrected chi connectivity index (χ1v) is 8.27. The van der Waals surface area contributed by atoms with E-state index in [4.69, 9.17) is 4.74 Å². The molecule has 24 heavy (non-hydrogen) atoms. The summed E-state index contributed by atoms with van der Waals surface area (Å²) < 4.78 is 5.26. The largest absolute Gasteiger partial charge is 0.497 e. The predicted octanol–water partition coefficient (Wildman–Crippen LogP) is 0.0695. The number of benzene rings is 1. The maximum atomic E-state index is 11.9. The molecule has 1 fully saturated rings. The number of likely N-dealkylation sites (N-methyl/N-ethyl adjacent to an activating group) is 1. The number of nitrogens with zero attached hydrogens (tertiary/aromatic N) is 2. The summed E-state index contributed by atoms with van der Waals surface area (Å²) in [6.45, 7) is 6.12. The van der Waals surface area contributed by atoms with Crippen LogP contribution in [0, 0.1) is 0 Å². The molecule has 0 unspecified atom stereocenters. The number of rotatable bonds is 7. The lowest BCUT2D eigenvalue weighted by Crippen LogP contribution is -2.50. The molecule has 1 aliphatic heterocycles. The number of carbonyl (C=O) groups excluding carboxylic acids is 2. The first-order valence-electron chi connectivity index (χ1n) is 8.27. The molecule has 7 nitrogen and oxygen atoms in total. The number of carbonyl (C=O) groups is 2. The van der Waals surface area contributed by atoms with Crippen molar-refractivity contribution >= 4 is 17.5 Å². The van der Waals surface area contributed by atoms with E-state index in [-0.39, 0.29) is 18.4 Å². The zero-order chi connectivity index (χ0) is 17.4. The molecule has 1 heterocycles. The van der Waals surface area contributed by atoms with E-state index >= 15 is 0 Å². The van der Waals surface area contributed by atoms with E-state index in [1.54, 1.807) is 7.11 Å². The van der Waals surface area contributed by atoms with E-state index in [1.807, 2.05) is 25.1 Å². The lowest BCUT2D eigenvalue weighted by Gasteiger charge is -2.35. The number of methoxy groups -OCH3 is 1. The average molecular weight is 334 g/mol.